The number of hydrogen-bond acceptors (Lipinski definition) is 4. The number of ether oxygens (including phenoxy) is 2. The van der Waals surface area contributed by atoms with Gasteiger partial charge in [0.1, 0.15) is 0 Å². The van der Waals surface area contributed by atoms with Crippen molar-refractivity contribution in [1.29, 1.82) is 0 Å². The van der Waals surface area contributed by atoms with E-state index in [1.54, 1.807) is 20.4 Å². The molecule has 7 nitrogen and oxygen atoms in total. The molecule has 1 aromatic heterocycles. The van der Waals surface area contributed by atoms with Crippen LogP contribution in [0.25, 0.3) is 0 Å². The summed E-state index contributed by atoms with van der Waals surface area (Å²) in [6.07, 6.45) is 3.76. The molecule has 1 heterocycles. The zero-order valence-electron chi connectivity index (χ0n) is 17.8. The van der Waals surface area contributed by atoms with E-state index < -0.39 is 0 Å². The Morgan fingerprint density at radius 3 is 2.47 bits per heavy atom. The number of rotatable bonds is 9. The summed E-state index contributed by atoms with van der Waals surface area (Å²) in [5.41, 5.74) is 3.39. The van der Waals surface area contributed by atoms with Crippen LogP contribution < -0.4 is 20.1 Å². The molecule has 158 valence electrons. The van der Waals surface area contributed by atoms with Gasteiger partial charge in [0.05, 0.1) is 27.3 Å². The summed E-state index contributed by atoms with van der Waals surface area (Å²) in [4.78, 5) is 4.73. The summed E-state index contributed by atoms with van der Waals surface area (Å²) < 4.78 is 12.8. The molecule has 0 atom stereocenters. The minimum atomic E-state index is 0.477. The molecule has 0 amide bonds. The van der Waals surface area contributed by atoms with Crippen LogP contribution in [0.5, 0.6) is 11.5 Å². The third-order valence-corrected chi connectivity index (χ3v) is 4.69. The predicted molar refractivity (Wildman–Crippen MR) is 119 cm³/mol. The maximum atomic E-state index is 5.51. The number of benzene rings is 2. The van der Waals surface area contributed by atoms with E-state index in [-0.39, 0.29) is 0 Å². The minimum absolute atomic E-state index is 0.477. The Morgan fingerprint density at radius 1 is 0.967 bits per heavy atom. The molecule has 0 aliphatic rings. The molecule has 0 fully saturated rings. The van der Waals surface area contributed by atoms with Gasteiger partial charge in [0.15, 0.2) is 17.5 Å². The van der Waals surface area contributed by atoms with Crippen molar-refractivity contribution >= 4 is 5.96 Å². The molecule has 0 saturated carbocycles. The second-order valence-electron chi connectivity index (χ2n) is 6.67. The highest BCUT2D eigenvalue weighted by atomic mass is 16.5. The molecule has 3 aromatic rings. The molecule has 2 aromatic carbocycles. The fourth-order valence-electron chi connectivity index (χ4n) is 3.22. The standard InChI is InChI=1S/C23H29N5O2/c1-4-24-23(26-16-19-11-7-12-21(29-2)22(19)30-3)25-15-18-9-5-6-10-20(18)17-28-14-8-13-27-28/h5-14H,4,15-17H2,1-3H3,(H2,24,25,26). The molecule has 0 unspecified atom stereocenters. The third-order valence-electron chi connectivity index (χ3n) is 4.69. The highest BCUT2D eigenvalue weighted by Crippen LogP contribution is 2.31. The molecule has 0 radical (unpaired) electrons. The van der Waals surface area contributed by atoms with Crippen LogP contribution in [0.15, 0.2) is 65.9 Å². The van der Waals surface area contributed by atoms with Crippen molar-refractivity contribution < 1.29 is 9.47 Å². The smallest absolute Gasteiger partial charge is 0.191 e. The lowest BCUT2D eigenvalue weighted by Crippen LogP contribution is -2.37. The van der Waals surface area contributed by atoms with E-state index in [1.165, 1.54) is 11.1 Å². The minimum Gasteiger partial charge on any atom is -0.493 e. The lowest BCUT2D eigenvalue weighted by Gasteiger charge is -2.15. The highest BCUT2D eigenvalue weighted by Gasteiger charge is 2.10. The largest absolute Gasteiger partial charge is 0.493 e. The van der Waals surface area contributed by atoms with Crippen molar-refractivity contribution in [2.45, 2.75) is 26.6 Å². The first-order chi connectivity index (χ1) is 14.7. The summed E-state index contributed by atoms with van der Waals surface area (Å²) >= 11 is 0. The number of hydrogen-bond donors (Lipinski definition) is 2. The van der Waals surface area contributed by atoms with Gasteiger partial charge in [-0.2, -0.15) is 5.10 Å². The molecule has 3 rings (SSSR count). The Kier molecular flexibility index (Phi) is 7.71. The van der Waals surface area contributed by atoms with Gasteiger partial charge in [-0.3, -0.25) is 4.68 Å². The van der Waals surface area contributed by atoms with Crippen LogP contribution >= 0.6 is 0 Å². The van der Waals surface area contributed by atoms with Gasteiger partial charge < -0.3 is 20.1 Å². The maximum Gasteiger partial charge on any atom is 0.191 e. The van der Waals surface area contributed by atoms with E-state index in [0.29, 0.717) is 24.6 Å². The van der Waals surface area contributed by atoms with Crippen molar-refractivity contribution in [2.75, 3.05) is 20.8 Å². The lowest BCUT2D eigenvalue weighted by molar-refractivity contribution is 0.352. The number of aromatic nitrogens is 2. The predicted octanol–water partition coefficient (Wildman–Crippen LogP) is 3.20. The number of aliphatic imine (C=N–C) groups is 1. The second kappa shape index (κ2) is 10.9. The molecule has 2 N–H and O–H groups in total. The molecule has 0 bridgehead atoms. The van der Waals surface area contributed by atoms with Gasteiger partial charge in [-0.05, 0) is 30.2 Å². The summed E-state index contributed by atoms with van der Waals surface area (Å²) in [5.74, 6) is 2.16. The number of para-hydroxylation sites is 1. The van der Waals surface area contributed by atoms with Crippen LogP contribution in [0.4, 0.5) is 0 Å². The summed E-state index contributed by atoms with van der Waals surface area (Å²) in [6.45, 7) is 4.70. The summed E-state index contributed by atoms with van der Waals surface area (Å²) in [6, 6.07) is 16.1. The van der Waals surface area contributed by atoms with E-state index in [4.69, 9.17) is 14.5 Å². The van der Waals surface area contributed by atoms with Crippen molar-refractivity contribution in [3.05, 3.63) is 77.6 Å². The summed E-state index contributed by atoms with van der Waals surface area (Å²) in [7, 11) is 3.28. The molecular weight excluding hydrogens is 378 g/mol. The van der Waals surface area contributed by atoms with Gasteiger partial charge in [-0.15, -0.1) is 0 Å². The van der Waals surface area contributed by atoms with Gasteiger partial charge >= 0.3 is 0 Å². The molecule has 0 aliphatic heterocycles. The Labute approximate surface area is 177 Å². The molecule has 7 heteroatoms. The quantitative estimate of drug-likeness (QED) is 0.421. The van der Waals surface area contributed by atoms with Gasteiger partial charge in [-0.1, -0.05) is 36.4 Å². The van der Waals surface area contributed by atoms with E-state index >= 15 is 0 Å². The molecule has 30 heavy (non-hydrogen) atoms. The van der Waals surface area contributed by atoms with Gasteiger partial charge in [0.25, 0.3) is 0 Å². The Morgan fingerprint density at radius 2 is 1.77 bits per heavy atom. The van der Waals surface area contributed by atoms with Crippen molar-refractivity contribution in [2.24, 2.45) is 4.99 Å². The summed E-state index contributed by atoms with van der Waals surface area (Å²) in [5, 5.41) is 11.0. The number of guanidine groups is 1. The Hall–Kier alpha value is -3.48. The average molecular weight is 408 g/mol. The molecule has 0 aliphatic carbocycles. The number of nitrogens with one attached hydrogen (secondary N) is 2. The highest BCUT2D eigenvalue weighted by molar-refractivity contribution is 5.79. The second-order valence-corrected chi connectivity index (χ2v) is 6.67. The van der Waals surface area contributed by atoms with E-state index in [0.717, 1.165) is 24.6 Å². The van der Waals surface area contributed by atoms with Crippen LogP contribution in [-0.2, 0) is 19.6 Å². The zero-order valence-corrected chi connectivity index (χ0v) is 17.8. The van der Waals surface area contributed by atoms with E-state index in [1.807, 2.05) is 35.1 Å². The SMILES string of the molecule is CCNC(=NCc1cccc(OC)c1OC)NCc1ccccc1Cn1cccn1. The van der Waals surface area contributed by atoms with Crippen LogP contribution in [0.2, 0.25) is 0 Å². The Bertz CT molecular complexity index is 954. The first kappa shape index (κ1) is 21.2. The van der Waals surface area contributed by atoms with Crippen molar-refractivity contribution in [3.63, 3.8) is 0 Å². The van der Waals surface area contributed by atoms with Crippen molar-refractivity contribution in [1.82, 2.24) is 20.4 Å². The first-order valence-corrected chi connectivity index (χ1v) is 10.0. The molecular formula is C23H29N5O2. The van der Waals surface area contributed by atoms with Crippen LogP contribution in [0.3, 0.4) is 0 Å². The molecule has 0 spiro atoms. The lowest BCUT2D eigenvalue weighted by atomic mass is 10.1. The van der Waals surface area contributed by atoms with Crippen LogP contribution in [0.1, 0.15) is 23.6 Å². The van der Waals surface area contributed by atoms with Crippen LogP contribution in [-0.4, -0.2) is 36.5 Å². The average Bonchev–Trinajstić information content (AvgIpc) is 3.29. The molecule has 0 saturated heterocycles. The van der Waals surface area contributed by atoms with E-state index in [9.17, 15) is 0 Å². The monoisotopic (exact) mass is 407 g/mol. The normalized spacial score (nSPS) is 11.2. The van der Waals surface area contributed by atoms with Gasteiger partial charge in [-0.25, -0.2) is 4.99 Å². The van der Waals surface area contributed by atoms with Crippen LogP contribution in [0, 0.1) is 0 Å². The fraction of sp³-hybridized carbons (Fsp3) is 0.304. The Balaban J connectivity index is 1.71. The van der Waals surface area contributed by atoms with Gasteiger partial charge in [0.2, 0.25) is 0 Å². The maximum absolute atomic E-state index is 5.51. The fourth-order valence-corrected chi connectivity index (χ4v) is 3.22. The number of nitrogens with zero attached hydrogens (tertiary/aromatic N) is 3. The zero-order chi connectivity index (χ0) is 21.2. The first-order valence-electron chi connectivity index (χ1n) is 10.0. The topological polar surface area (TPSA) is 72.7 Å². The van der Waals surface area contributed by atoms with Crippen molar-refractivity contribution in [3.8, 4) is 11.5 Å². The third kappa shape index (κ3) is 5.53. The van der Waals surface area contributed by atoms with E-state index in [2.05, 4.69) is 46.9 Å². The van der Waals surface area contributed by atoms with Gasteiger partial charge in [0, 0.05) is 31.0 Å². The number of methoxy groups -OCH3 is 2.